The van der Waals surface area contributed by atoms with E-state index in [0.29, 0.717) is 22.9 Å². The molecule has 0 atom stereocenters. The smallest absolute Gasteiger partial charge is 0.251 e. The van der Waals surface area contributed by atoms with Gasteiger partial charge in [0.05, 0.1) is 0 Å². The zero-order valence-corrected chi connectivity index (χ0v) is 12.2. The van der Waals surface area contributed by atoms with Crippen LogP contribution in [0.25, 0.3) is 10.8 Å². The van der Waals surface area contributed by atoms with Crippen LogP contribution >= 0.6 is 0 Å². The van der Waals surface area contributed by atoms with Crippen LogP contribution in [0, 0.1) is 5.82 Å². The van der Waals surface area contributed by atoms with Crippen molar-refractivity contribution in [3.05, 3.63) is 47.8 Å². The van der Waals surface area contributed by atoms with Crippen LogP contribution in [0.4, 0.5) is 4.39 Å². The van der Waals surface area contributed by atoms with Crippen LogP contribution < -0.4 is 5.32 Å². The molecule has 0 unspecified atom stereocenters. The summed E-state index contributed by atoms with van der Waals surface area (Å²) in [6.45, 7) is 1.37. The van der Waals surface area contributed by atoms with Gasteiger partial charge in [0.2, 0.25) is 0 Å². The van der Waals surface area contributed by atoms with Crippen LogP contribution in [0.15, 0.2) is 36.4 Å². The first kappa shape index (κ1) is 15.4. The molecule has 0 saturated carbocycles. The first-order chi connectivity index (χ1) is 10.2. The minimum absolute atomic E-state index is 0.155. The SMILES string of the molecule is COCCCCCNC(=O)c1ccc(F)c2ccccc12. The standard InChI is InChI=1S/C17H20FNO2/c1-21-12-6-2-5-11-19-17(20)15-9-10-16(18)14-8-4-3-7-13(14)15/h3-4,7-10H,2,5-6,11-12H2,1H3,(H,19,20). The lowest BCUT2D eigenvalue weighted by molar-refractivity contribution is 0.0954. The van der Waals surface area contributed by atoms with Crippen molar-refractivity contribution in [1.29, 1.82) is 0 Å². The zero-order valence-electron chi connectivity index (χ0n) is 12.2. The monoisotopic (exact) mass is 289 g/mol. The lowest BCUT2D eigenvalue weighted by Crippen LogP contribution is -2.24. The number of carbonyl (C=O) groups excluding carboxylic acids is 1. The van der Waals surface area contributed by atoms with E-state index in [1.165, 1.54) is 12.1 Å². The number of unbranched alkanes of at least 4 members (excludes halogenated alkanes) is 2. The van der Waals surface area contributed by atoms with Crippen molar-refractivity contribution in [1.82, 2.24) is 5.32 Å². The molecule has 0 fully saturated rings. The molecule has 0 aliphatic rings. The molecule has 0 heterocycles. The molecule has 21 heavy (non-hydrogen) atoms. The van der Waals surface area contributed by atoms with E-state index in [0.717, 1.165) is 25.9 Å². The molecule has 2 rings (SSSR count). The number of hydrogen-bond donors (Lipinski definition) is 1. The molecule has 3 nitrogen and oxygen atoms in total. The number of rotatable bonds is 7. The van der Waals surface area contributed by atoms with Gasteiger partial charge in [-0.25, -0.2) is 4.39 Å². The van der Waals surface area contributed by atoms with Crippen molar-refractivity contribution in [2.24, 2.45) is 0 Å². The van der Waals surface area contributed by atoms with E-state index in [9.17, 15) is 9.18 Å². The Hall–Kier alpha value is -1.94. The highest BCUT2D eigenvalue weighted by molar-refractivity contribution is 6.07. The number of benzene rings is 2. The number of methoxy groups -OCH3 is 1. The van der Waals surface area contributed by atoms with Crippen molar-refractivity contribution in [3.8, 4) is 0 Å². The van der Waals surface area contributed by atoms with Crippen LogP contribution in [0.1, 0.15) is 29.6 Å². The van der Waals surface area contributed by atoms with Crippen LogP contribution in [0.3, 0.4) is 0 Å². The Morgan fingerprint density at radius 3 is 2.62 bits per heavy atom. The molecule has 0 aromatic heterocycles. The molecular formula is C17H20FNO2. The molecule has 0 bridgehead atoms. The van der Waals surface area contributed by atoms with Gasteiger partial charge in [0.25, 0.3) is 5.91 Å². The summed E-state index contributed by atoms with van der Waals surface area (Å²) in [4.78, 5) is 12.2. The maximum Gasteiger partial charge on any atom is 0.251 e. The number of halogens is 1. The van der Waals surface area contributed by atoms with E-state index < -0.39 is 0 Å². The summed E-state index contributed by atoms with van der Waals surface area (Å²) >= 11 is 0. The predicted octanol–water partition coefficient (Wildman–Crippen LogP) is 3.53. The Bertz CT molecular complexity index is 613. The van der Waals surface area contributed by atoms with Gasteiger partial charge >= 0.3 is 0 Å². The minimum atomic E-state index is -0.304. The fourth-order valence-corrected chi connectivity index (χ4v) is 2.31. The van der Waals surface area contributed by atoms with Gasteiger partial charge in [-0.2, -0.15) is 0 Å². The highest BCUT2D eigenvalue weighted by atomic mass is 19.1. The van der Waals surface area contributed by atoms with E-state index in [1.54, 1.807) is 25.3 Å². The molecular weight excluding hydrogens is 269 g/mol. The Balaban J connectivity index is 1.98. The molecule has 0 saturated heterocycles. The van der Waals surface area contributed by atoms with E-state index in [-0.39, 0.29) is 11.7 Å². The van der Waals surface area contributed by atoms with Gasteiger partial charge in [0.1, 0.15) is 5.82 Å². The topological polar surface area (TPSA) is 38.3 Å². The summed E-state index contributed by atoms with van der Waals surface area (Å²) in [5.41, 5.74) is 0.517. The molecule has 112 valence electrons. The van der Waals surface area contributed by atoms with Crippen molar-refractivity contribution in [3.63, 3.8) is 0 Å². The fraction of sp³-hybridized carbons (Fsp3) is 0.353. The molecule has 2 aromatic carbocycles. The third kappa shape index (κ3) is 4.02. The number of fused-ring (bicyclic) bond motifs is 1. The van der Waals surface area contributed by atoms with Gasteiger partial charge in [-0.05, 0) is 36.8 Å². The normalized spacial score (nSPS) is 10.8. The second-order valence-electron chi connectivity index (χ2n) is 4.95. The van der Waals surface area contributed by atoms with Crippen molar-refractivity contribution in [2.45, 2.75) is 19.3 Å². The largest absolute Gasteiger partial charge is 0.385 e. The number of carbonyl (C=O) groups is 1. The van der Waals surface area contributed by atoms with Crippen LogP contribution in [0.5, 0.6) is 0 Å². The molecule has 1 amide bonds. The molecule has 4 heteroatoms. The van der Waals surface area contributed by atoms with Gasteiger partial charge in [-0.3, -0.25) is 4.79 Å². The average molecular weight is 289 g/mol. The summed E-state index contributed by atoms with van der Waals surface area (Å²) < 4.78 is 18.7. The fourth-order valence-electron chi connectivity index (χ4n) is 2.31. The average Bonchev–Trinajstić information content (AvgIpc) is 2.51. The molecule has 0 aliphatic heterocycles. The quantitative estimate of drug-likeness (QED) is 0.792. The number of hydrogen-bond acceptors (Lipinski definition) is 2. The van der Waals surface area contributed by atoms with Crippen LogP contribution in [-0.4, -0.2) is 26.2 Å². The summed E-state index contributed by atoms with van der Waals surface area (Å²) in [6, 6.07) is 9.91. The first-order valence-corrected chi connectivity index (χ1v) is 7.18. The van der Waals surface area contributed by atoms with Gasteiger partial charge in [-0.15, -0.1) is 0 Å². The second kappa shape index (κ2) is 7.74. The second-order valence-corrected chi connectivity index (χ2v) is 4.95. The number of nitrogens with one attached hydrogen (secondary N) is 1. The Morgan fingerprint density at radius 2 is 1.86 bits per heavy atom. The molecule has 0 spiro atoms. The van der Waals surface area contributed by atoms with Crippen molar-refractivity contribution < 1.29 is 13.9 Å². The predicted molar refractivity (Wildman–Crippen MR) is 82.0 cm³/mol. The summed E-state index contributed by atoms with van der Waals surface area (Å²) in [5.74, 6) is -0.459. The molecule has 0 aliphatic carbocycles. The van der Waals surface area contributed by atoms with E-state index in [2.05, 4.69) is 5.32 Å². The highest BCUT2D eigenvalue weighted by Crippen LogP contribution is 2.21. The van der Waals surface area contributed by atoms with E-state index in [1.807, 2.05) is 6.07 Å². The molecule has 1 N–H and O–H groups in total. The third-order valence-electron chi connectivity index (χ3n) is 3.43. The molecule has 0 radical (unpaired) electrons. The Morgan fingerprint density at radius 1 is 1.10 bits per heavy atom. The maximum atomic E-state index is 13.7. The summed E-state index contributed by atoms with van der Waals surface area (Å²) in [5, 5.41) is 4.01. The Labute approximate surface area is 124 Å². The minimum Gasteiger partial charge on any atom is -0.385 e. The summed E-state index contributed by atoms with van der Waals surface area (Å²) in [6.07, 6.45) is 2.92. The zero-order chi connectivity index (χ0) is 15.1. The summed E-state index contributed by atoms with van der Waals surface area (Å²) in [7, 11) is 1.68. The maximum absolute atomic E-state index is 13.7. The van der Waals surface area contributed by atoms with Crippen molar-refractivity contribution in [2.75, 3.05) is 20.3 Å². The lowest BCUT2D eigenvalue weighted by Gasteiger charge is -2.08. The number of amides is 1. The Kier molecular flexibility index (Phi) is 5.69. The van der Waals surface area contributed by atoms with E-state index >= 15 is 0 Å². The van der Waals surface area contributed by atoms with Gasteiger partial charge < -0.3 is 10.1 Å². The highest BCUT2D eigenvalue weighted by Gasteiger charge is 2.11. The molecule has 2 aromatic rings. The van der Waals surface area contributed by atoms with Crippen LogP contribution in [-0.2, 0) is 4.74 Å². The van der Waals surface area contributed by atoms with Crippen LogP contribution in [0.2, 0.25) is 0 Å². The van der Waals surface area contributed by atoms with Gasteiger partial charge in [0, 0.05) is 31.2 Å². The van der Waals surface area contributed by atoms with Gasteiger partial charge in [0.15, 0.2) is 0 Å². The van der Waals surface area contributed by atoms with Crippen molar-refractivity contribution >= 4 is 16.7 Å². The number of ether oxygens (including phenoxy) is 1. The first-order valence-electron chi connectivity index (χ1n) is 7.18. The van der Waals surface area contributed by atoms with Gasteiger partial charge in [-0.1, -0.05) is 24.3 Å². The third-order valence-corrected chi connectivity index (χ3v) is 3.43. The lowest BCUT2D eigenvalue weighted by atomic mass is 10.0. The van der Waals surface area contributed by atoms with E-state index in [4.69, 9.17) is 4.74 Å².